The zero-order chi connectivity index (χ0) is 10.7. The Hall–Kier alpha value is -0.550. The lowest BCUT2D eigenvalue weighted by molar-refractivity contribution is 0.221. The van der Waals surface area contributed by atoms with Gasteiger partial charge in [0.05, 0.1) is 5.75 Å². The molecular formula is C10H17N3OS. The molecule has 2 N–H and O–H groups in total. The van der Waals surface area contributed by atoms with Crippen LogP contribution in [0.2, 0.25) is 0 Å². The molecule has 15 heavy (non-hydrogen) atoms. The third-order valence-electron chi connectivity index (χ3n) is 2.80. The van der Waals surface area contributed by atoms with Gasteiger partial charge in [0.1, 0.15) is 0 Å². The van der Waals surface area contributed by atoms with E-state index in [1.165, 1.54) is 6.42 Å². The first kappa shape index (κ1) is 11.0. The first-order valence-corrected chi connectivity index (χ1v) is 6.55. The van der Waals surface area contributed by atoms with E-state index >= 15 is 0 Å². The Labute approximate surface area is 94.0 Å². The number of aromatic nitrogens is 2. The van der Waals surface area contributed by atoms with Crippen LogP contribution in [-0.2, 0) is 12.2 Å². The van der Waals surface area contributed by atoms with E-state index in [0.717, 1.165) is 36.6 Å². The highest BCUT2D eigenvalue weighted by molar-refractivity contribution is 7.98. The van der Waals surface area contributed by atoms with Crippen LogP contribution in [0.25, 0.3) is 0 Å². The number of hydrogen-bond donors (Lipinski definition) is 1. The predicted octanol–water partition coefficient (Wildman–Crippen LogP) is 1.75. The Morgan fingerprint density at radius 1 is 1.53 bits per heavy atom. The normalized spacial score (nSPS) is 18.8. The summed E-state index contributed by atoms with van der Waals surface area (Å²) in [6.07, 6.45) is 4.11. The van der Waals surface area contributed by atoms with E-state index in [0.29, 0.717) is 5.89 Å². The topological polar surface area (TPSA) is 64.9 Å². The standard InChI is InChI=1S/C10H17N3OS/c1-2-15-7-8-12-9(14-13-8)6-10(11)4-3-5-10/h2-7,11H2,1H3. The SMILES string of the molecule is CCSCc1noc(CC2(N)CCC2)n1. The molecule has 0 saturated heterocycles. The Kier molecular flexibility index (Phi) is 3.31. The van der Waals surface area contributed by atoms with Crippen LogP contribution in [0.1, 0.15) is 37.9 Å². The minimum absolute atomic E-state index is 0.0678. The molecule has 0 radical (unpaired) electrons. The Bertz CT molecular complexity index is 322. The minimum Gasteiger partial charge on any atom is -0.339 e. The van der Waals surface area contributed by atoms with Crippen LogP contribution in [0.4, 0.5) is 0 Å². The maximum Gasteiger partial charge on any atom is 0.228 e. The molecule has 5 heteroatoms. The number of thioether (sulfide) groups is 1. The number of nitrogens with zero attached hydrogens (tertiary/aromatic N) is 2. The summed E-state index contributed by atoms with van der Waals surface area (Å²) in [5.41, 5.74) is 6.04. The molecular weight excluding hydrogens is 210 g/mol. The lowest BCUT2D eigenvalue weighted by Gasteiger charge is -2.36. The summed E-state index contributed by atoms with van der Waals surface area (Å²) in [5.74, 6) is 3.39. The molecule has 0 spiro atoms. The summed E-state index contributed by atoms with van der Waals surface area (Å²) in [6, 6.07) is 0. The van der Waals surface area contributed by atoms with Crippen LogP contribution >= 0.6 is 11.8 Å². The van der Waals surface area contributed by atoms with Gasteiger partial charge in [-0.3, -0.25) is 0 Å². The second-order valence-electron chi connectivity index (χ2n) is 4.13. The van der Waals surface area contributed by atoms with Crippen LogP contribution in [0.5, 0.6) is 0 Å². The van der Waals surface area contributed by atoms with E-state index in [-0.39, 0.29) is 5.54 Å². The molecule has 0 bridgehead atoms. The van der Waals surface area contributed by atoms with Crippen molar-refractivity contribution in [2.75, 3.05) is 5.75 Å². The Morgan fingerprint density at radius 3 is 2.93 bits per heavy atom. The van der Waals surface area contributed by atoms with Crippen molar-refractivity contribution in [3.8, 4) is 0 Å². The summed E-state index contributed by atoms with van der Waals surface area (Å²) in [6.45, 7) is 2.12. The van der Waals surface area contributed by atoms with Crippen molar-refractivity contribution in [3.05, 3.63) is 11.7 Å². The number of hydrogen-bond acceptors (Lipinski definition) is 5. The first-order chi connectivity index (χ1) is 7.22. The van der Waals surface area contributed by atoms with Gasteiger partial charge >= 0.3 is 0 Å². The highest BCUT2D eigenvalue weighted by atomic mass is 32.2. The van der Waals surface area contributed by atoms with Gasteiger partial charge in [0.25, 0.3) is 0 Å². The van der Waals surface area contributed by atoms with Gasteiger partial charge in [-0.05, 0) is 25.0 Å². The van der Waals surface area contributed by atoms with Crippen molar-refractivity contribution in [1.29, 1.82) is 0 Å². The molecule has 84 valence electrons. The summed E-state index contributed by atoms with van der Waals surface area (Å²) >= 11 is 1.80. The van der Waals surface area contributed by atoms with Crippen molar-refractivity contribution in [2.45, 2.75) is 43.9 Å². The fourth-order valence-electron chi connectivity index (χ4n) is 1.72. The van der Waals surface area contributed by atoms with Gasteiger partial charge in [0.15, 0.2) is 5.82 Å². The van der Waals surface area contributed by atoms with Crippen molar-refractivity contribution < 1.29 is 4.52 Å². The van der Waals surface area contributed by atoms with Gasteiger partial charge in [-0.2, -0.15) is 16.7 Å². The van der Waals surface area contributed by atoms with Gasteiger partial charge in [-0.15, -0.1) is 0 Å². The molecule has 1 aliphatic rings. The smallest absolute Gasteiger partial charge is 0.228 e. The van der Waals surface area contributed by atoms with Gasteiger partial charge in [0.2, 0.25) is 5.89 Å². The lowest BCUT2D eigenvalue weighted by atomic mass is 9.75. The van der Waals surface area contributed by atoms with E-state index in [2.05, 4.69) is 17.1 Å². The molecule has 0 atom stereocenters. The minimum atomic E-state index is -0.0678. The second-order valence-corrected chi connectivity index (χ2v) is 5.41. The quantitative estimate of drug-likeness (QED) is 0.830. The summed E-state index contributed by atoms with van der Waals surface area (Å²) < 4.78 is 5.18. The van der Waals surface area contributed by atoms with E-state index in [1.807, 2.05) is 0 Å². The fraction of sp³-hybridized carbons (Fsp3) is 0.800. The molecule has 1 heterocycles. The van der Waals surface area contributed by atoms with Crippen LogP contribution in [0.15, 0.2) is 4.52 Å². The molecule has 1 fully saturated rings. The summed E-state index contributed by atoms with van der Waals surface area (Å²) in [4.78, 5) is 4.34. The van der Waals surface area contributed by atoms with Crippen LogP contribution < -0.4 is 5.73 Å². The van der Waals surface area contributed by atoms with Gasteiger partial charge in [-0.1, -0.05) is 12.1 Å². The molecule has 0 aliphatic heterocycles. The van der Waals surface area contributed by atoms with E-state index in [9.17, 15) is 0 Å². The maximum absolute atomic E-state index is 6.11. The molecule has 0 unspecified atom stereocenters. The van der Waals surface area contributed by atoms with Crippen molar-refractivity contribution in [1.82, 2.24) is 10.1 Å². The summed E-state index contributed by atoms with van der Waals surface area (Å²) in [5, 5.41) is 3.93. The predicted molar refractivity (Wildman–Crippen MR) is 60.6 cm³/mol. The largest absolute Gasteiger partial charge is 0.339 e. The zero-order valence-electron chi connectivity index (χ0n) is 9.03. The van der Waals surface area contributed by atoms with Crippen LogP contribution in [0, 0.1) is 0 Å². The van der Waals surface area contributed by atoms with Gasteiger partial charge in [-0.25, -0.2) is 0 Å². The first-order valence-electron chi connectivity index (χ1n) is 5.40. The van der Waals surface area contributed by atoms with Gasteiger partial charge < -0.3 is 10.3 Å². The highest BCUT2D eigenvalue weighted by Gasteiger charge is 2.34. The third-order valence-corrected chi connectivity index (χ3v) is 3.67. The molecule has 4 nitrogen and oxygen atoms in total. The van der Waals surface area contributed by atoms with Gasteiger partial charge in [0, 0.05) is 12.0 Å². The molecule has 2 rings (SSSR count). The lowest BCUT2D eigenvalue weighted by Crippen LogP contribution is -2.48. The van der Waals surface area contributed by atoms with Crippen LogP contribution in [-0.4, -0.2) is 21.4 Å². The number of nitrogens with two attached hydrogens (primary N) is 1. The molecule has 1 saturated carbocycles. The molecule has 1 aliphatic carbocycles. The fourth-order valence-corrected chi connectivity index (χ4v) is 2.23. The monoisotopic (exact) mass is 227 g/mol. The number of rotatable bonds is 5. The molecule has 1 aromatic heterocycles. The Morgan fingerprint density at radius 2 is 2.33 bits per heavy atom. The molecule has 1 aromatic rings. The van der Waals surface area contributed by atoms with Crippen molar-refractivity contribution in [3.63, 3.8) is 0 Å². The Balaban J connectivity index is 1.89. The third kappa shape index (κ3) is 2.72. The van der Waals surface area contributed by atoms with E-state index in [4.69, 9.17) is 10.3 Å². The van der Waals surface area contributed by atoms with Crippen LogP contribution in [0.3, 0.4) is 0 Å². The molecule has 0 aromatic carbocycles. The second kappa shape index (κ2) is 4.53. The van der Waals surface area contributed by atoms with Crippen molar-refractivity contribution >= 4 is 11.8 Å². The highest BCUT2D eigenvalue weighted by Crippen LogP contribution is 2.31. The zero-order valence-corrected chi connectivity index (χ0v) is 9.85. The van der Waals surface area contributed by atoms with E-state index in [1.54, 1.807) is 11.8 Å². The van der Waals surface area contributed by atoms with Crippen molar-refractivity contribution in [2.24, 2.45) is 5.73 Å². The van der Waals surface area contributed by atoms with E-state index < -0.39 is 0 Å². The maximum atomic E-state index is 6.11. The average molecular weight is 227 g/mol. The summed E-state index contributed by atoms with van der Waals surface area (Å²) in [7, 11) is 0. The average Bonchev–Trinajstić information content (AvgIpc) is 2.60. The molecule has 0 amide bonds.